The number of hydrogen-bond donors (Lipinski definition) is 1. The van der Waals surface area contributed by atoms with Gasteiger partial charge in [-0.2, -0.15) is 13.2 Å². The van der Waals surface area contributed by atoms with Crippen LogP contribution in [0.1, 0.15) is 36.9 Å². The number of benzene rings is 1. The average Bonchev–Trinajstić information content (AvgIpc) is 2.43. The summed E-state index contributed by atoms with van der Waals surface area (Å²) >= 11 is 0. The summed E-state index contributed by atoms with van der Waals surface area (Å²) in [5.41, 5.74) is -0.178. The van der Waals surface area contributed by atoms with Gasteiger partial charge in [-0.05, 0) is 37.6 Å². The summed E-state index contributed by atoms with van der Waals surface area (Å²) in [6.45, 7) is 1.58. The smallest absolute Gasteiger partial charge is 0.313 e. The minimum absolute atomic E-state index is 0.0562. The molecule has 0 aliphatic carbocycles. The zero-order valence-electron chi connectivity index (χ0n) is 12.1. The van der Waals surface area contributed by atoms with E-state index in [-0.39, 0.29) is 17.5 Å². The molecule has 0 saturated heterocycles. The molecule has 1 aromatic carbocycles. The standard InChI is InChI=1S/C14H20F3NO2S/c1-3-21(19,20)9-5-8-13(18-2)11-6-4-7-12(10-11)14(15,16)17/h4,6-7,10,13,18H,3,5,8-9H2,1-2H3. The SMILES string of the molecule is CCS(=O)(=O)CCCC(NC)c1cccc(C(F)(F)F)c1. The maximum atomic E-state index is 12.7. The Kier molecular flexibility index (Phi) is 6.22. The second-order valence-corrected chi connectivity index (χ2v) is 7.32. The minimum Gasteiger partial charge on any atom is -0.313 e. The first kappa shape index (κ1) is 18.0. The number of hydrogen-bond acceptors (Lipinski definition) is 3. The molecule has 0 aliphatic heterocycles. The molecule has 0 fully saturated rings. The summed E-state index contributed by atoms with van der Waals surface area (Å²) < 4.78 is 60.9. The summed E-state index contributed by atoms with van der Waals surface area (Å²) in [6.07, 6.45) is -3.49. The van der Waals surface area contributed by atoms with Crippen LogP contribution < -0.4 is 5.32 Å². The molecule has 0 radical (unpaired) electrons. The van der Waals surface area contributed by atoms with E-state index in [0.29, 0.717) is 18.4 Å². The molecule has 1 atom stereocenters. The third kappa shape index (κ3) is 5.67. The van der Waals surface area contributed by atoms with Crippen LogP contribution in [0.5, 0.6) is 0 Å². The van der Waals surface area contributed by atoms with Crippen molar-refractivity contribution in [2.45, 2.75) is 32.0 Å². The van der Waals surface area contributed by atoms with Gasteiger partial charge in [-0.15, -0.1) is 0 Å². The fraction of sp³-hybridized carbons (Fsp3) is 0.571. The topological polar surface area (TPSA) is 46.2 Å². The van der Waals surface area contributed by atoms with Crippen molar-refractivity contribution in [2.75, 3.05) is 18.6 Å². The van der Waals surface area contributed by atoms with Gasteiger partial charge in [-0.3, -0.25) is 0 Å². The van der Waals surface area contributed by atoms with Crippen molar-refractivity contribution in [1.29, 1.82) is 0 Å². The Labute approximate surface area is 123 Å². The number of halogens is 3. The summed E-state index contributed by atoms with van der Waals surface area (Å²) in [4.78, 5) is 0. The highest BCUT2D eigenvalue weighted by atomic mass is 32.2. The molecule has 21 heavy (non-hydrogen) atoms. The Morgan fingerprint density at radius 3 is 2.48 bits per heavy atom. The van der Waals surface area contributed by atoms with E-state index < -0.39 is 21.6 Å². The molecule has 0 amide bonds. The molecular weight excluding hydrogens is 303 g/mol. The van der Waals surface area contributed by atoms with Gasteiger partial charge in [0.2, 0.25) is 0 Å². The van der Waals surface area contributed by atoms with E-state index in [9.17, 15) is 21.6 Å². The summed E-state index contributed by atoms with van der Waals surface area (Å²) in [5.74, 6) is 0.140. The van der Waals surface area contributed by atoms with E-state index in [1.54, 1.807) is 20.0 Å². The molecule has 1 N–H and O–H groups in total. The Morgan fingerprint density at radius 2 is 1.95 bits per heavy atom. The molecular formula is C14H20F3NO2S. The van der Waals surface area contributed by atoms with E-state index in [1.807, 2.05) is 0 Å². The third-order valence-corrected chi connectivity index (χ3v) is 5.14. The van der Waals surface area contributed by atoms with Gasteiger partial charge >= 0.3 is 6.18 Å². The quantitative estimate of drug-likeness (QED) is 0.838. The van der Waals surface area contributed by atoms with Crippen molar-refractivity contribution in [3.8, 4) is 0 Å². The lowest BCUT2D eigenvalue weighted by molar-refractivity contribution is -0.137. The molecule has 3 nitrogen and oxygen atoms in total. The lowest BCUT2D eigenvalue weighted by Crippen LogP contribution is -2.19. The van der Waals surface area contributed by atoms with Gasteiger partial charge in [0.1, 0.15) is 9.84 Å². The van der Waals surface area contributed by atoms with Crippen LogP contribution in [-0.4, -0.2) is 27.0 Å². The highest BCUT2D eigenvalue weighted by molar-refractivity contribution is 7.91. The van der Waals surface area contributed by atoms with Crippen molar-refractivity contribution in [2.24, 2.45) is 0 Å². The van der Waals surface area contributed by atoms with Gasteiger partial charge in [-0.25, -0.2) is 8.42 Å². The molecule has 0 heterocycles. The fourth-order valence-electron chi connectivity index (χ4n) is 2.06. The number of sulfone groups is 1. The first-order valence-corrected chi connectivity index (χ1v) is 8.56. The summed E-state index contributed by atoms with van der Waals surface area (Å²) in [5, 5.41) is 2.94. The maximum Gasteiger partial charge on any atom is 0.416 e. The highest BCUT2D eigenvalue weighted by Crippen LogP contribution is 2.31. The van der Waals surface area contributed by atoms with Crippen LogP contribution >= 0.6 is 0 Å². The zero-order chi connectivity index (χ0) is 16.1. The molecule has 0 aliphatic rings. The van der Waals surface area contributed by atoms with Crippen molar-refractivity contribution >= 4 is 9.84 Å². The van der Waals surface area contributed by atoms with Gasteiger partial charge in [0.15, 0.2) is 0 Å². The highest BCUT2D eigenvalue weighted by Gasteiger charge is 2.30. The number of alkyl halides is 3. The minimum atomic E-state index is -4.38. The van der Waals surface area contributed by atoms with E-state index in [1.165, 1.54) is 6.07 Å². The van der Waals surface area contributed by atoms with Crippen LogP contribution in [0.4, 0.5) is 13.2 Å². The van der Waals surface area contributed by atoms with Crippen LogP contribution in [0.25, 0.3) is 0 Å². The zero-order valence-corrected chi connectivity index (χ0v) is 12.9. The van der Waals surface area contributed by atoms with E-state index in [4.69, 9.17) is 0 Å². The van der Waals surface area contributed by atoms with E-state index >= 15 is 0 Å². The lowest BCUT2D eigenvalue weighted by Gasteiger charge is -2.18. The van der Waals surface area contributed by atoms with Crippen molar-refractivity contribution in [3.63, 3.8) is 0 Å². The van der Waals surface area contributed by atoms with Crippen LogP contribution in [0.15, 0.2) is 24.3 Å². The maximum absolute atomic E-state index is 12.7. The number of rotatable bonds is 7. The van der Waals surface area contributed by atoms with Crippen LogP contribution in [0, 0.1) is 0 Å². The molecule has 1 unspecified atom stereocenters. The Hall–Kier alpha value is -1.08. The predicted molar refractivity (Wildman–Crippen MR) is 76.8 cm³/mol. The first-order valence-electron chi connectivity index (χ1n) is 6.74. The van der Waals surface area contributed by atoms with E-state index in [2.05, 4.69) is 5.32 Å². The summed E-state index contributed by atoms with van der Waals surface area (Å²) in [6, 6.07) is 4.82. The van der Waals surface area contributed by atoms with Crippen molar-refractivity contribution < 1.29 is 21.6 Å². The molecule has 0 saturated carbocycles. The van der Waals surface area contributed by atoms with Gasteiger partial charge in [-0.1, -0.05) is 19.1 Å². The Bertz CT molecular complexity index is 556. The second kappa shape index (κ2) is 7.26. The van der Waals surface area contributed by atoms with Crippen LogP contribution in [0.2, 0.25) is 0 Å². The molecule has 120 valence electrons. The van der Waals surface area contributed by atoms with Crippen LogP contribution in [0.3, 0.4) is 0 Å². The largest absolute Gasteiger partial charge is 0.416 e. The normalized spacial score (nSPS) is 14.1. The van der Waals surface area contributed by atoms with E-state index in [0.717, 1.165) is 12.1 Å². The van der Waals surface area contributed by atoms with Gasteiger partial charge in [0.25, 0.3) is 0 Å². The number of nitrogens with one attached hydrogen (secondary N) is 1. The van der Waals surface area contributed by atoms with Gasteiger partial charge in [0, 0.05) is 11.8 Å². The van der Waals surface area contributed by atoms with Gasteiger partial charge < -0.3 is 5.32 Å². The molecule has 7 heteroatoms. The molecule has 0 bridgehead atoms. The molecule has 1 rings (SSSR count). The molecule has 0 spiro atoms. The van der Waals surface area contributed by atoms with Gasteiger partial charge in [0.05, 0.1) is 11.3 Å². The predicted octanol–water partition coefficient (Wildman–Crippen LogP) is 3.18. The van der Waals surface area contributed by atoms with Crippen molar-refractivity contribution in [3.05, 3.63) is 35.4 Å². The van der Waals surface area contributed by atoms with Crippen LogP contribution in [-0.2, 0) is 16.0 Å². The average molecular weight is 323 g/mol. The van der Waals surface area contributed by atoms with Crippen molar-refractivity contribution in [1.82, 2.24) is 5.32 Å². The Balaban J connectivity index is 2.77. The molecule has 0 aromatic heterocycles. The Morgan fingerprint density at radius 1 is 1.29 bits per heavy atom. The molecule has 1 aromatic rings. The lowest BCUT2D eigenvalue weighted by atomic mass is 10.0. The fourth-order valence-corrected chi connectivity index (χ4v) is 2.96. The summed E-state index contributed by atoms with van der Waals surface area (Å²) in [7, 11) is -1.39. The monoisotopic (exact) mass is 323 g/mol. The second-order valence-electron chi connectivity index (χ2n) is 4.84. The third-order valence-electron chi connectivity index (χ3n) is 3.35. The first-order chi connectivity index (χ1) is 9.69.